The smallest absolute Gasteiger partial charge is 0.310 e. The molecular formula is C13H19N3O2. The van der Waals surface area contributed by atoms with E-state index < -0.39 is 0 Å². The Balaban J connectivity index is 2.25. The Morgan fingerprint density at radius 3 is 2.28 bits per heavy atom. The van der Waals surface area contributed by atoms with Crippen molar-refractivity contribution in [1.29, 1.82) is 0 Å². The number of nitrogens with zero attached hydrogens (tertiary/aromatic N) is 3. The van der Waals surface area contributed by atoms with Gasteiger partial charge in [0.15, 0.2) is 0 Å². The molecule has 0 bridgehead atoms. The van der Waals surface area contributed by atoms with Gasteiger partial charge in [0.2, 0.25) is 5.95 Å². The van der Waals surface area contributed by atoms with E-state index in [0.717, 1.165) is 36.0 Å². The van der Waals surface area contributed by atoms with Crippen molar-refractivity contribution >= 4 is 11.9 Å². The van der Waals surface area contributed by atoms with Gasteiger partial charge >= 0.3 is 5.97 Å². The Hall–Kier alpha value is -1.65. The molecule has 0 aliphatic carbocycles. The lowest BCUT2D eigenvalue weighted by atomic mass is 10.1. The van der Waals surface area contributed by atoms with Crippen molar-refractivity contribution in [2.24, 2.45) is 0 Å². The Labute approximate surface area is 107 Å². The minimum atomic E-state index is -0.251. The Kier molecular flexibility index (Phi) is 3.79. The van der Waals surface area contributed by atoms with Crippen molar-refractivity contribution in [3.63, 3.8) is 0 Å². The van der Waals surface area contributed by atoms with Crippen LogP contribution in [0.2, 0.25) is 0 Å². The topological polar surface area (TPSA) is 55.3 Å². The first-order valence-electron chi connectivity index (χ1n) is 6.27. The van der Waals surface area contributed by atoms with Crippen LogP contribution in [0, 0.1) is 13.8 Å². The zero-order valence-electron chi connectivity index (χ0n) is 11.2. The van der Waals surface area contributed by atoms with Gasteiger partial charge in [-0.15, -0.1) is 0 Å². The van der Waals surface area contributed by atoms with E-state index >= 15 is 0 Å². The van der Waals surface area contributed by atoms with Crippen LogP contribution in [0.3, 0.4) is 0 Å². The number of carbonyl (C=O) groups is 1. The molecule has 1 aromatic heterocycles. The minimum Gasteiger partial charge on any atom is -0.469 e. The quantitative estimate of drug-likeness (QED) is 0.758. The van der Waals surface area contributed by atoms with Crippen molar-refractivity contribution < 1.29 is 9.53 Å². The van der Waals surface area contributed by atoms with Gasteiger partial charge in [0, 0.05) is 30.0 Å². The molecule has 1 aliphatic heterocycles. The summed E-state index contributed by atoms with van der Waals surface area (Å²) < 4.78 is 4.69. The molecule has 1 fully saturated rings. The molecule has 0 radical (unpaired) electrons. The molecule has 5 heteroatoms. The molecule has 0 saturated carbocycles. The Morgan fingerprint density at radius 1 is 1.22 bits per heavy atom. The lowest BCUT2D eigenvalue weighted by Crippen LogP contribution is -2.22. The average Bonchev–Trinajstić information content (AvgIpc) is 2.87. The molecule has 0 amide bonds. The highest BCUT2D eigenvalue weighted by molar-refractivity contribution is 5.73. The SMILES string of the molecule is COC(=O)Cc1c(C)nc(N2CCCC2)nc1C. The van der Waals surface area contributed by atoms with Gasteiger partial charge in [-0.1, -0.05) is 0 Å². The lowest BCUT2D eigenvalue weighted by Gasteiger charge is -2.17. The molecule has 0 atom stereocenters. The molecule has 1 aliphatic rings. The van der Waals surface area contributed by atoms with Crippen molar-refractivity contribution in [1.82, 2.24) is 9.97 Å². The maximum absolute atomic E-state index is 11.3. The van der Waals surface area contributed by atoms with E-state index in [4.69, 9.17) is 0 Å². The van der Waals surface area contributed by atoms with E-state index in [1.54, 1.807) is 0 Å². The number of anilines is 1. The molecule has 5 nitrogen and oxygen atoms in total. The summed E-state index contributed by atoms with van der Waals surface area (Å²) in [6.45, 7) is 5.89. The summed E-state index contributed by atoms with van der Waals surface area (Å²) in [5.41, 5.74) is 2.62. The van der Waals surface area contributed by atoms with Gasteiger partial charge in [-0.25, -0.2) is 9.97 Å². The van der Waals surface area contributed by atoms with Gasteiger partial charge in [0.25, 0.3) is 0 Å². The number of carbonyl (C=O) groups excluding carboxylic acids is 1. The molecule has 98 valence electrons. The van der Waals surface area contributed by atoms with Gasteiger partial charge < -0.3 is 9.64 Å². The van der Waals surface area contributed by atoms with Gasteiger partial charge in [0.05, 0.1) is 13.5 Å². The van der Waals surface area contributed by atoms with Gasteiger partial charge in [0.1, 0.15) is 0 Å². The zero-order chi connectivity index (χ0) is 13.1. The summed E-state index contributed by atoms with van der Waals surface area (Å²) in [5.74, 6) is 0.537. The summed E-state index contributed by atoms with van der Waals surface area (Å²) in [5, 5.41) is 0. The van der Waals surface area contributed by atoms with Gasteiger partial charge in [-0.2, -0.15) is 0 Å². The summed E-state index contributed by atoms with van der Waals surface area (Å²) in [6, 6.07) is 0. The largest absolute Gasteiger partial charge is 0.469 e. The average molecular weight is 249 g/mol. The van der Waals surface area contributed by atoms with Gasteiger partial charge in [-0.05, 0) is 26.7 Å². The summed E-state index contributed by atoms with van der Waals surface area (Å²) in [4.78, 5) is 22.6. The molecule has 1 saturated heterocycles. The fourth-order valence-corrected chi connectivity index (χ4v) is 2.25. The van der Waals surface area contributed by atoms with Crippen molar-refractivity contribution in [2.45, 2.75) is 33.1 Å². The number of esters is 1. The third kappa shape index (κ3) is 2.60. The number of methoxy groups -OCH3 is 1. The van der Waals surface area contributed by atoms with E-state index in [2.05, 4.69) is 19.6 Å². The number of rotatable bonds is 3. The summed E-state index contributed by atoms with van der Waals surface area (Å²) in [7, 11) is 1.40. The molecule has 0 spiro atoms. The van der Waals surface area contributed by atoms with Crippen LogP contribution in [0.4, 0.5) is 5.95 Å². The monoisotopic (exact) mass is 249 g/mol. The van der Waals surface area contributed by atoms with Crippen molar-refractivity contribution in [3.8, 4) is 0 Å². The van der Waals surface area contributed by atoms with E-state index in [-0.39, 0.29) is 12.4 Å². The standard InChI is InChI=1S/C13H19N3O2/c1-9-11(8-12(17)18-3)10(2)15-13(14-9)16-6-4-5-7-16/h4-8H2,1-3H3. The number of aromatic nitrogens is 2. The molecule has 0 unspecified atom stereocenters. The zero-order valence-corrected chi connectivity index (χ0v) is 11.2. The van der Waals surface area contributed by atoms with Crippen molar-refractivity contribution in [2.75, 3.05) is 25.1 Å². The molecule has 2 heterocycles. The predicted molar refractivity (Wildman–Crippen MR) is 68.7 cm³/mol. The molecular weight excluding hydrogens is 230 g/mol. The van der Waals surface area contributed by atoms with Gasteiger partial charge in [-0.3, -0.25) is 4.79 Å². The number of ether oxygens (including phenoxy) is 1. The number of hydrogen-bond donors (Lipinski definition) is 0. The third-order valence-corrected chi connectivity index (χ3v) is 3.35. The second-order valence-electron chi connectivity index (χ2n) is 4.62. The maximum Gasteiger partial charge on any atom is 0.310 e. The molecule has 0 aromatic carbocycles. The fraction of sp³-hybridized carbons (Fsp3) is 0.615. The molecule has 18 heavy (non-hydrogen) atoms. The minimum absolute atomic E-state index is 0.244. The number of hydrogen-bond acceptors (Lipinski definition) is 5. The van der Waals surface area contributed by atoms with E-state index in [9.17, 15) is 4.79 Å². The molecule has 1 aromatic rings. The highest BCUT2D eigenvalue weighted by atomic mass is 16.5. The predicted octanol–water partition coefficient (Wildman–Crippen LogP) is 1.41. The first-order valence-corrected chi connectivity index (χ1v) is 6.27. The Morgan fingerprint density at radius 2 is 1.78 bits per heavy atom. The normalized spacial score (nSPS) is 14.9. The van der Waals surface area contributed by atoms with E-state index in [1.165, 1.54) is 20.0 Å². The van der Waals surface area contributed by atoms with Crippen LogP contribution in [-0.4, -0.2) is 36.1 Å². The van der Waals surface area contributed by atoms with Crippen LogP contribution < -0.4 is 4.90 Å². The van der Waals surface area contributed by atoms with Crippen molar-refractivity contribution in [3.05, 3.63) is 17.0 Å². The lowest BCUT2D eigenvalue weighted by molar-refractivity contribution is -0.139. The van der Waals surface area contributed by atoms with Crippen LogP contribution >= 0.6 is 0 Å². The van der Waals surface area contributed by atoms with Crippen LogP contribution in [0.25, 0.3) is 0 Å². The van der Waals surface area contributed by atoms with Crippen LogP contribution in [0.5, 0.6) is 0 Å². The summed E-state index contributed by atoms with van der Waals surface area (Å²) >= 11 is 0. The van der Waals surface area contributed by atoms with E-state index in [0.29, 0.717) is 0 Å². The second kappa shape index (κ2) is 5.33. The van der Waals surface area contributed by atoms with Crippen LogP contribution in [0.1, 0.15) is 29.8 Å². The first-order chi connectivity index (χ1) is 8.61. The van der Waals surface area contributed by atoms with Crippen LogP contribution in [-0.2, 0) is 16.0 Å². The highest BCUT2D eigenvalue weighted by Crippen LogP contribution is 2.19. The number of aryl methyl sites for hydroxylation is 2. The van der Waals surface area contributed by atoms with E-state index in [1.807, 2.05) is 13.8 Å². The summed E-state index contributed by atoms with van der Waals surface area (Å²) in [6.07, 6.45) is 2.64. The third-order valence-electron chi connectivity index (χ3n) is 3.35. The maximum atomic E-state index is 11.3. The molecule has 0 N–H and O–H groups in total. The Bertz CT molecular complexity index is 431. The fourth-order valence-electron chi connectivity index (χ4n) is 2.25. The molecule has 2 rings (SSSR count). The second-order valence-corrected chi connectivity index (χ2v) is 4.62. The first kappa shape index (κ1) is 12.8. The van der Waals surface area contributed by atoms with Crippen LogP contribution in [0.15, 0.2) is 0 Å². The highest BCUT2D eigenvalue weighted by Gasteiger charge is 2.18.